The van der Waals surface area contributed by atoms with Crippen molar-refractivity contribution in [3.8, 4) is 11.1 Å². The van der Waals surface area contributed by atoms with Crippen LogP contribution in [0.3, 0.4) is 0 Å². The highest BCUT2D eigenvalue weighted by Crippen LogP contribution is 2.32. The maximum Gasteiger partial charge on any atom is 0.249 e. The molecule has 3 N–H and O–H groups in total. The average molecular weight is 327 g/mol. The molecule has 0 bridgehead atoms. The zero-order chi connectivity index (χ0) is 15.4. The number of nitrogens with two attached hydrogens (primary N) is 1. The number of para-hydroxylation sites is 1. The van der Waals surface area contributed by atoms with Crippen molar-refractivity contribution in [1.29, 1.82) is 0 Å². The Morgan fingerprint density at radius 3 is 2.30 bits per heavy atom. The zero-order valence-electron chi connectivity index (χ0n) is 12.1. The third-order valence-electron chi connectivity index (χ3n) is 3.23. The molecule has 5 nitrogen and oxygen atoms in total. The van der Waals surface area contributed by atoms with Crippen molar-refractivity contribution in [2.75, 3.05) is 5.32 Å². The number of anilines is 2. The average Bonchev–Trinajstić information content (AvgIpc) is 2.56. The zero-order valence-corrected chi connectivity index (χ0v) is 13.0. The monoisotopic (exact) mass is 326 g/mol. The van der Waals surface area contributed by atoms with Crippen molar-refractivity contribution in [1.82, 2.24) is 9.97 Å². The van der Waals surface area contributed by atoms with Gasteiger partial charge in [-0.3, -0.25) is 4.79 Å². The standard InChI is InChI=1S/C17H14N4O.ClH/c18-17(22)14-7-4-8-15(21-13-5-2-1-3-6-13)16(14)12-9-19-11-20-10-12;/h1-11,21H,(H2,18,22);1H. The quantitative estimate of drug-likeness (QED) is 0.770. The molecular weight excluding hydrogens is 312 g/mol. The van der Waals surface area contributed by atoms with Crippen molar-refractivity contribution in [2.24, 2.45) is 5.73 Å². The van der Waals surface area contributed by atoms with E-state index in [-0.39, 0.29) is 12.4 Å². The van der Waals surface area contributed by atoms with Crippen LogP contribution >= 0.6 is 12.4 Å². The predicted molar refractivity (Wildman–Crippen MR) is 93.0 cm³/mol. The van der Waals surface area contributed by atoms with Crippen molar-refractivity contribution >= 4 is 29.7 Å². The minimum atomic E-state index is -0.490. The summed E-state index contributed by atoms with van der Waals surface area (Å²) in [6, 6.07) is 15.1. The predicted octanol–water partition coefficient (Wildman–Crippen LogP) is 3.41. The molecule has 0 fully saturated rings. The van der Waals surface area contributed by atoms with E-state index in [0.29, 0.717) is 11.1 Å². The minimum Gasteiger partial charge on any atom is -0.366 e. The van der Waals surface area contributed by atoms with Crippen LogP contribution in [0.1, 0.15) is 10.4 Å². The first-order valence-electron chi connectivity index (χ1n) is 6.76. The first-order valence-corrected chi connectivity index (χ1v) is 6.76. The Hall–Kier alpha value is -2.92. The second-order valence-electron chi connectivity index (χ2n) is 4.71. The van der Waals surface area contributed by atoms with Crippen LogP contribution in [0.25, 0.3) is 11.1 Å². The van der Waals surface area contributed by atoms with Crippen molar-refractivity contribution < 1.29 is 4.79 Å². The lowest BCUT2D eigenvalue weighted by Crippen LogP contribution is -2.13. The third-order valence-corrected chi connectivity index (χ3v) is 3.23. The van der Waals surface area contributed by atoms with Gasteiger partial charge in [-0.05, 0) is 24.3 Å². The van der Waals surface area contributed by atoms with Gasteiger partial charge in [0.2, 0.25) is 5.91 Å². The van der Waals surface area contributed by atoms with E-state index >= 15 is 0 Å². The van der Waals surface area contributed by atoms with Crippen molar-refractivity contribution in [3.05, 3.63) is 72.8 Å². The molecule has 0 atom stereocenters. The normalized spacial score (nSPS) is 9.74. The molecule has 23 heavy (non-hydrogen) atoms. The number of amides is 1. The summed E-state index contributed by atoms with van der Waals surface area (Å²) in [6.07, 6.45) is 4.76. The van der Waals surface area contributed by atoms with E-state index in [1.807, 2.05) is 36.4 Å². The summed E-state index contributed by atoms with van der Waals surface area (Å²) >= 11 is 0. The molecule has 0 saturated heterocycles. The van der Waals surface area contributed by atoms with Crippen molar-refractivity contribution in [3.63, 3.8) is 0 Å². The molecule has 0 aliphatic heterocycles. The maximum atomic E-state index is 11.8. The molecule has 3 rings (SSSR count). The van der Waals surface area contributed by atoms with Gasteiger partial charge in [0, 0.05) is 40.5 Å². The van der Waals surface area contributed by atoms with Crippen LogP contribution in [0.5, 0.6) is 0 Å². The molecule has 2 aromatic carbocycles. The molecule has 1 amide bonds. The van der Waals surface area contributed by atoms with Gasteiger partial charge in [0.25, 0.3) is 0 Å². The largest absolute Gasteiger partial charge is 0.366 e. The summed E-state index contributed by atoms with van der Waals surface area (Å²) in [7, 11) is 0. The fourth-order valence-corrected chi connectivity index (χ4v) is 2.28. The molecule has 1 heterocycles. The number of hydrogen-bond acceptors (Lipinski definition) is 4. The summed E-state index contributed by atoms with van der Waals surface area (Å²) in [5, 5.41) is 3.30. The first-order chi connectivity index (χ1) is 10.8. The maximum absolute atomic E-state index is 11.8. The van der Waals surface area contributed by atoms with E-state index in [2.05, 4.69) is 15.3 Å². The summed E-state index contributed by atoms with van der Waals surface area (Å²) in [5.74, 6) is -0.490. The summed E-state index contributed by atoms with van der Waals surface area (Å²) in [4.78, 5) is 19.8. The van der Waals surface area contributed by atoms with Gasteiger partial charge >= 0.3 is 0 Å². The second-order valence-corrected chi connectivity index (χ2v) is 4.71. The smallest absolute Gasteiger partial charge is 0.249 e. The van der Waals surface area contributed by atoms with Crippen LogP contribution in [0.4, 0.5) is 11.4 Å². The molecule has 3 aromatic rings. The Kier molecular flexibility index (Phi) is 5.28. The van der Waals surface area contributed by atoms with Gasteiger partial charge in [-0.1, -0.05) is 24.3 Å². The van der Waals surface area contributed by atoms with Gasteiger partial charge in [0.05, 0.1) is 0 Å². The van der Waals surface area contributed by atoms with E-state index in [0.717, 1.165) is 16.9 Å². The number of halogens is 1. The number of primary amides is 1. The molecule has 116 valence electrons. The molecule has 0 aliphatic carbocycles. The lowest BCUT2D eigenvalue weighted by Gasteiger charge is -2.14. The Morgan fingerprint density at radius 2 is 1.65 bits per heavy atom. The number of carbonyl (C=O) groups excluding carboxylic acids is 1. The van der Waals surface area contributed by atoms with Crippen LogP contribution in [0.15, 0.2) is 67.3 Å². The topological polar surface area (TPSA) is 80.9 Å². The van der Waals surface area contributed by atoms with Gasteiger partial charge in [-0.25, -0.2) is 9.97 Å². The summed E-state index contributed by atoms with van der Waals surface area (Å²) in [5.41, 5.74) is 9.05. The SMILES string of the molecule is Cl.NC(=O)c1cccc(Nc2ccccc2)c1-c1cncnc1. The fraction of sp³-hybridized carbons (Fsp3) is 0. The molecule has 0 spiro atoms. The fourth-order valence-electron chi connectivity index (χ4n) is 2.28. The van der Waals surface area contributed by atoms with Gasteiger partial charge in [-0.2, -0.15) is 0 Å². The van der Waals surface area contributed by atoms with Crippen LogP contribution in [-0.2, 0) is 0 Å². The van der Waals surface area contributed by atoms with Crippen LogP contribution in [-0.4, -0.2) is 15.9 Å². The Bertz CT molecular complexity index is 794. The summed E-state index contributed by atoms with van der Waals surface area (Å²) in [6.45, 7) is 0. The number of nitrogens with zero attached hydrogens (tertiary/aromatic N) is 2. The van der Waals surface area contributed by atoms with E-state index in [9.17, 15) is 4.79 Å². The molecule has 0 radical (unpaired) electrons. The highest BCUT2D eigenvalue weighted by Gasteiger charge is 2.15. The number of benzene rings is 2. The molecule has 0 aliphatic rings. The lowest BCUT2D eigenvalue weighted by atomic mass is 9.99. The number of carbonyl (C=O) groups is 1. The number of hydrogen-bond donors (Lipinski definition) is 2. The highest BCUT2D eigenvalue weighted by atomic mass is 35.5. The number of aromatic nitrogens is 2. The first kappa shape index (κ1) is 16.5. The van der Waals surface area contributed by atoms with E-state index in [1.54, 1.807) is 24.5 Å². The molecule has 1 aromatic heterocycles. The highest BCUT2D eigenvalue weighted by molar-refractivity contribution is 6.03. The molecule has 0 unspecified atom stereocenters. The summed E-state index contributed by atoms with van der Waals surface area (Å²) < 4.78 is 0. The van der Waals surface area contributed by atoms with Crippen LogP contribution in [0.2, 0.25) is 0 Å². The van der Waals surface area contributed by atoms with Crippen molar-refractivity contribution in [2.45, 2.75) is 0 Å². The van der Waals surface area contributed by atoms with Crippen LogP contribution < -0.4 is 11.1 Å². The number of rotatable bonds is 4. The molecular formula is C17H15ClN4O. The van der Waals surface area contributed by atoms with Gasteiger partial charge in [0.1, 0.15) is 6.33 Å². The Balaban J connectivity index is 0.00000192. The second kappa shape index (κ2) is 7.38. The van der Waals surface area contributed by atoms with Crippen LogP contribution in [0, 0.1) is 0 Å². The lowest BCUT2D eigenvalue weighted by molar-refractivity contribution is 0.100. The molecule has 6 heteroatoms. The number of nitrogens with one attached hydrogen (secondary N) is 1. The van der Waals surface area contributed by atoms with E-state index in [1.165, 1.54) is 6.33 Å². The van der Waals surface area contributed by atoms with Gasteiger partial charge in [0.15, 0.2) is 0 Å². The Morgan fingerprint density at radius 1 is 0.957 bits per heavy atom. The van der Waals surface area contributed by atoms with Gasteiger partial charge in [-0.15, -0.1) is 12.4 Å². The van der Waals surface area contributed by atoms with E-state index in [4.69, 9.17) is 5.73 Å². The van der Waals surface area contributed by atoms with E-state index < -0.39 is 5.91 Å². The molecule has 0 saturated carbocycles. The third kappa shape index (κ3) is 3.64. The Labute approximate surface area is 140 Å². The van der Waals surface area contributed by atoms with Gasteiger partial charge < -0.3 is 11.1 Å². The minimum absolute atomic E-state index is 0.